The molecule has 0 atom stereocenters. The number of hydrogen-bond donors (Lipinski definition) is 0. The lowest BCUT2D eigenvalue weighted by Crippen LogP contribution is -2.05. The van der Waals surface area contributed by atoms with Gasteiger partial charge in [-0.15, -0.1) is 0 Å². The molecule has 0 aliphatic rings. The average Bonchev–Trinajstić information content (AvgIpc) is 2.57. The molecule has 0 bridgehead atoms. The summed E-state index contributed by atoms with van der Waals surface area (Å²) in [5.41, 5.74) is -0.787. The first-order valence-electron chi connectivity index (χ1n) is 6.54. The van der Waals surface area contributed by atoms with Gasteiger partial charge in [0.25, 0.3) is 11.4 Å². The monoisotopic (exact) mass is 390 g/mol. The number of halogens is 1. The van der Waals surface area contributed by atoms with E-state index in [2.05, 4.69) is 15.9 Å². The Bertz CT molecular complexity index is 1060. The van der Waals surface area contributed by atoms with Gasteiger partial charge in [0.1, 0.15) is 10.1 Å². The van der Waals surface area contributed by atoms with Crippen LogP contribution in [0.1, 0.15) is 0 Å². The smallest absolute Gasteiger partial charge is 0.280 e. The molecule has 1 heterocycles. The zero-order chi connectivity index (χ0) is 17.4. The average molecular weight is 391 g/mol. The number of nitro groups is 2. The van der Waals surface area contributed by atoms with Gasteiger partial charge in [-0.25, -0.2) is 0 Å². The highest BCUT2D eigenvalue weighted by Gasteiger charge is 2.22. The summed E-state index contributed by atoms with van der Waals surface area (Å²) in [6.45, 7) is 0. The molecule has 120 valence electrons. The van der Waals surface area contributed by atoms with E-state index >= 15 is 0 Å². The number of nitro benzene ring substituents is 2. The minimum atomic E-state index is -0.622. The maximum absolute atomic E-state index is 12.5. The van der Waals surface area contributed by atoms with Crippen LogP contribution < -0.4 is 5.43 Å². The summed E-state index contributed by atoms with van der Waals surface area (Å²) >= 11 is 3.08. The highest BCUT2D eigenvalue weighted by Crippen LogP contribution is 2.35. The van der Waals surface area contributed by atoms with Crippen molar-refractivity contribution in [3.63, 3.8) is 0 Å². The second-order valence-corrected chi connectivity index (χ2v) is 5.58. The molecule has 0 saturated carbocycles. The molecule has 0 radical (unpaired) electrons. The Balaban J connectivity index is 2.34. The third-order valence-electron chi connectivity index (χ3n) is 3.37. The summed E-state index contributed by atoms with van der Waals surface area (Å²) in [6.07, 6.45) is 0. The van der Waals surface area contributed by atoms with Gasteiger partial charge in [-0.1, -0.05) is 12.1 Å². The van der Waals surface area contributed by atoms with Gasteiger partial charge in [-0.3, -0.25) is 25.0 Å². The Morgan fingerprint density at radius 1 is 1.00 bits per heavy atom. The molecule has 8 nitrogen and oxygen atoms in total. The van der Waals surface area contributed by atoms with Gasteiger partial charge in [-0.2, -0.15) is 0 Å². The van der Waals surface area contributed by atoms with Crippen LogP contribution in [0.15, 0.2) is 56.1 Å². The Hall–Kier alpha value is -3.07. The molecule has 0 saturated heterocycles. The zero-order valence-corrected chi connectivity index (χ0v) is 13.3. The normalized spacial score (nSPS) is 10.7. The second-order valence-electron chi connectivity index (χ2n) is 4.79. The van der Waals surface area contributed by atoms with E-state index in [1.165, 1.54) is 30.3 Å². The summed E-state index contributed by atoms with van der Waals surface area (Å²) in [4.78, 5) is 33.3. The molecule has 0 aliphatic carbocycles. The first-order chi connectivity index (χ1) is 11.4. The first-order valence-corrected chi connectivity index (χ1v) is 7.34. The molecule has 24 heavy (non-hydrogen) atoms. The minimum Gasteiger partial charge on any atom is -0.454 e. The molecule has 3 rings (SSSR count). The summed E-state index contributed by atoms with van der Waals surface area (Å²) < 4.78 is 5.57. The van der Waals surface area contributed by atoms with E-state index in [9.17, 15) is 25.0 Å². The van der Waals surface area contributed by atoms with Gasteiger partial charge in [0.2, 0.25) is 5.43 Å². The molecule has 3 aromatic rings. The van der Waals surface area contributed by atoms with Gasteiger partial charge in [-0.05, 0) is 28.1 Å². The summed E-state index contributed by atoms with van der Waals surface area (Å²) in [7, 11) is 0. The first kappa shape index (κ1) is 15.8. The number of nitrogens with zero attached hydrogens (tertiary/aromatic N) is 2. The minimum absolute atomic E-state index is 0.00588. The van der Waals surface area contributed by atoms with Crippen molar-refractivity contribution in [3.8, 4) is 11.3 Å². The van der Waals surface area contributed by atoms with Crippen molar-refractivity contribution in [2.24, 2.45) is 0 Å². The fourth-order valence-corrected chi connectivity index (χ4v) is 2.78. The van der Waals surface area contributed by atoms with Crippen molar-refractivity contribution < 1.29 is 14.3 Å². The Labute approximate surface area is 141 Å². The molecule has 2 aromatic carbocycles. The molecule has 0 spiro atoms. The lowest BCUT2D eigenvalue weighted by Gasteiger charge is -2.06. The van der Waals surface area contributed by atoms with Crippen LogP contribution in [0.5, 0.6) is 0 Å². The number of benzene rings is 2. The fraction of sp³-hybridized carbons (Fsp3) is 0. The van der Waals surface area contributed by atoms with Crippen LogP contribution in [-0.2, 0) is 0 Å². The van der Waals surface area contributed by atoms with Crippen LogP contribution >= 0.6 is 15.9 Å². The lowest BCUT2D eigenvalue weighted by molar-refractivity contribution is -0.384. The van der Waals surface area contributed by atoms with Crippen LogP contribution in [-0.4, -0.2) is 9.85 Å². The van der Waals surface area contributed by atoms with Gasteiger partial charge in [0.15, 0.2) is 5.76 Å². The second kappa shape index (κ2) is 5.85. The quantitative estimate of drug-likeness (QED) is 0.491. The third-order valence-corrected chi connectivity index (χ3v) is 4.09. The van der Waals surface area contributed by atoms with E-state index in [1.54, 1.807) is 6.07 Å². The van der Waals surface area contributed by atoms with E-state index in [4.69, 9.17) is 4.42 Å². The van der Waals surface area contributed by atoms with E-state index in [0.717, 1.165) is 6.07 Å². The fourth-order valence-electron chi connectivity index (χ4n) is 2.27. The van der Waals surface area contributed by atoms with Gasteiger partial charge >= 0.3 is 0 Å². The maximum atomic E-state index is 12.5. The lowest BCUT2D eigenvalue weighted by atomic mass is 10.1. The number of non-ortho nitro benzene ring substituents is 1. The highest BCUT2D eigenvalue weighted by atomic mass is 79.9. The predicted molar refractivity (Wildman–Crippen MR) is 88.9 cm³/mol. The zero-order valence-electron chi connectivity index (χ0n) is 11.8. The van der Waals surface area contributed by atoms with E-state index in [-0.39, 0.29) is 38.1 Å². The number of hydrogen-bond acceptors (Lipinski definition) is 6. The van der Waals surface area contributed by atoms with E-state index in [0.29, 0.717) is 0 Å². The highest BCUT2D eigenvalue weighted by molar-refractivity contribution is 9.10. The Kier molecular flexibility index (Phi) is 3.86. The SMILES string of the molecule is O=c1c(Br)c(-c2ccccc2[N+](=O)[O-])oc2ccc([N+](=O)[O-])cc12. The van der Waals surface area contributed by atoms with Gasteiger partial charge in [0, 0.05) is 18.2 Å². The van der Waals surface area contributed by atoms with Crippen molar-refractivity contribution in [1.82, 2.24) is 0 Å². The van der Waals surface area contributed by atoms with Crippen molar-refractivity contribution in [1.29, 1.82) is 0 Å². The Morgan fingerprint density at radius 2 is 1.71 bits per heavy atom. The molecular weight excluding hydrogens is 384 g/mol. The van der Waals surface area contributed by atoms with Crippen molar-refractivity contribution in [3.05, 3.63) is 77.4 Å². The predicted octanol–water partition coefficient (Wildman–Crippen LogP) is 4.04. The van der Waals surface area contributed by atoms with Gasteiger partial charge < -0.3 is 4.42 Å². The van der Waals surface area contributed by atoms with Crippen molar-refractivity contribution in [2.75, 3.05) is 0 Å². The third kappa shape index (κ3) is 2.54. The number of para-hydroxylation sites is 1. The van der Waals surface area contributed by atoms with Crippen LogP contribution in [0.3, 0.4) is 0 Å². The summed E-state index contributed by atoms with van der Waals surface area (Å²) in [6, 6.07) is 9.42. The van der Waals surface area contributed by atoms with Crippen molar-refractivity contribution in [2.45, 2.75) is 0 Å². The van der Waals surface area contributed by atoms with Gasteiger partial charge in [0.05, 0.1) is 20.8 Å². The van der Waals surface area contributed by atoms with Crippen LogP contribution in [0.2, 0.25) is 0 Å². The maximum Gasteiger partial charge on any atom is 0.280 e. The molecule has 0 amide bonds. The van der Waals surface area contributed by atoms with Crippen molar-refractivity contribution >= 4 is 38.3 Å². The molecule has 0 fully saturated rings. The molecule has 9 heteroatoms. The largest absolute Gasteiger partial charge is 0.454 e. The van der Waals surface area contributed by atoms with E-state index < -0.39 is 15.3 Å². The summed E-state index contributed by atoms with van der Waals surface area (Å²) in [5.74, 6) is -0.00588. The topological polar surface area (TPSA) is 116 Å². The number of rotatable bonds is 3. The summed E-state index contributed by atoms with van der Waals surface area (Å²) in [5, 5.41) is 22.0. The molecule has 0 aliphatic heterocycles. The molecule has 1 aromatic heterocycles. The number of fused-ring (bicyclic) bond motifs is 1. The van der Waals surface area contributed by atoms with Crippen LogP contribution in [0, 0.1) is 20.2 Å². The van der Waals surface area contributed by atoms with Crippen LogP contribution in [0.25, 0.3) is 22.3 Å². The Morgan fingerprint density at radius 3 is 2.38 bits per heavy atom. The van der Waals surface area contributed by atoms with Crippen LogP contribution in [0.4, 0.5) is 11.4 Å². The molecule has 0 N–H and O–H groups in total. The standard InChI is InChI=1S/C15H7BrN2O6/c16-13-14(19)10-7-8(17(20)21)5-6-12(10)24-15(13)9-3-1-2-4-11(9)18(22)23/h1-7H. The molecular formula is C15H7BrN2O6. The van der Waals surface area contributed by atoms with E-state index in [1.807, 2.05) is 0 Å². The molecule has 0 unspecified atom stereocenters.